The molecule has 0 saturated heterocycles. The zero-order valence-corrected chi connectivity index (χ0v) is 5.55. The van der Waals surface area contributed by atoms with Gasteiger partial charge in [0.2, 0.25) is 0 Å². The quantitative estimate of drug-likeness (QED) is 0.590. The molecule has 0 radical (unpaired) electrons. The van der Waals surface area contributed by atoms with Crippen LogP contribution in [-0.2, 0) is 4.79 Å². The molecule has 3 N–H and O–H groups in total. The van der Waals surface area contributed by atoms with Crippen molar-refractivity contribution >= 4 is 5.97 Å². The fraction of sp³-hybridized carbons (Fsp3) is 0.833. The fourth-order valence-electron chi connectivity index (χ4n) is 0.553. The molecular weight excluding hydrogens is 118 g/mol. The smallest absolute Gasteiger partial charge is 0.323 e. The monoisotopic (exact) mass is 132 g/mol. The van der Waals surface area contributed by atoms with Crippen LogP contribution < -0.4 is 5.73 Å². The van der Waals surface area contributed by atoms with Crippen LogP contribution in [0.1, 0.15) is 28.0 Å². The zero-order chi connectivity index (χ0) is 8.20. The first-order valence-corrected chi connectivity index (χ1v) is 2.88. The van der Waals surface area contributed by atoms with E-state index in [0.29, 0.717) is 12.8 Å². The minimum Gasteiger partial charge on any atom is -0.480 e. The van der Waals surface area contributed by atoms with Crippen molar-refractivity contribution in [1.29, 1.82) is 0 Å². The van der Waals surface area contributed by atoms with Gasteiger partial charge in [-0.05, 0) is 13.3 Å². The highest BCUT2D eigenvalue weighted by molar-refractivity contribution is 5.77. The van der Waals surface area contributed by atoms with Crippen LogP contribution in [0, 0.1) is 0 Å². The Balaban J connectivity index is 4.08. The lowest BCUT2D eigenvalue weighted by molar-refractivity contribution is -0.142. The van der Waals surface area contributed by atoms with Crippen molar-refractivity contribution in [1.82, 2.24) is 0 Å². The first kappa shape index (κ1) is 6.55. The Kier molecular flexibility index (Phi) is 2.05. The fourth-order valence-corrected chi connectivity index (χ4v) is 0.553. The van der Waals surface area contributed by atoms with Gasteiger partial charge in [0.05, 0.1) is 0 Å². The van der Waals surface area contributed by atoms with Gasteiger partial charge < -0.3 is 10.8 Å². The van der Waals surface area contributed by atoms with Gasteiger partial charge in [-0.15, -0.1) is 0 Å². The molecule has 0 rings (SSSR count). The molecule has 0 aliphatic rings. The Morgan fingerprint density at radius 1 is 2.00 bits per heavy atom. The standard InChI is InChI=1S/C6H13NO2/c1-3-4-6(2,7)5(8)9/h3-4,7H2,1-2H3,(H,8,9)/t6-/m0/s1/i2D. The molecule has 0 aromatic heterocycles. The lowest BCUT2D eigenvalue weighted by Crippen LogP contribution is -2.44. The number of carboxylic acid groups (broad SMARTS) is 1. The number of nitrogens with two attached hydrogens (primary N) is 1. The molecule has 0 saturated carbocycles. The normalized spacial score (nSPS) is 18.2. The third-order valence-electron chi connectivity index (χ3n) is 1.12. The summed E-state index contributed by atoms with van der Waals surface area (Å²) in [7, 11) is 0. The zero-order valence-electron chi connectivity index (χ0n) is 6.55. The molecule has 0 aliphatic heterocycles. The van der Waals surface area contributed by atoms with Gasteiger partial charge in [0.15, 0.2) is 0 Å². The number of hydrogen-bond acceptors (Lipinski definition) is 2. The van der Waals surface area contributed by atoms with E-state index in [2.05, 4.69) is 0 Å². The highest BCUT2D eigenvalue weighted by Gasteiger charge is 2.25. The Morgan fingerprint density at radius 2 is 2.56 bits per heavy atom. The summed E-state index contributed by atoms with van der Waals surface area (Å²) in [6.45, 7) is 1.59. The first-order chi connectivity index (χ1) is 4.56. The van der Waals surface area contributed by atoms with Crippen molar-refractivity contribution in [3.63, 3.8) is 0 Å². The number of aliphatic carboxylic acids is 1. The van der Waals surface area contributed by atoms with Gasteiger partial charge in [-0.25, -0.2) is 0 Å². The highest BCUT2D eigenvalue weighted by atomic mass is 16.4. The average Bonchev–Trinajstić information content (AvgIpc) is 1.88. The molecule has 3 nitrogen and oxygen atoms in total. The third kappa shape index (κ3) is 2.46. The van der Waals surface area contributed by atoms with E-state index in [9.17, 15) is 4.79 Å². The average molecular weight is 132 g/mol. The van der Waals surface area contributed by atoms with E-state index >= 15 is 0 Å². The summed E-state index contributed by atoms with van der Waals surface area (Å²) >= 11 is 0. The van der Waals surface area contributed by atoms with E-state index in [1.54, 1.807) is 0 Å². The van der Waals surface area contributed by atoms with Crippen LogP contribution in [0.2, 0.25) is 0 Å². The van der Waals surface area contributed by atoms with Gasteiger partial charge in [-0.1, -0.05) is 13.3 Å². The van der Waals surface area contributed by atoms with Crippen molar-refractivity contribution in [3.05, 3.63) is 0 Å². The van der Waals surface area contributed by atoms with Crippen LogP contribution in [0.5, 0.6) is 0 Å². The van der Waals surface area contributed by atoms with Crippen molar-refractivity contribution < 1.29 is 11.3 Å². The summed E-state index contributed by atoms with van der Waals surface area (Å²) < 4.78 is 6.88. The predicted octanol–water partition coefficient (Wildman–Crippen LogP) is 0.589. The summed E-state index contributed by atoms with van der Waals surface area (Å²) in [6.07, 6.45) is 1.06. The molecule has 1 atom stereocenters. The molecule has 54 valence electrons. The summed E-state index contributed by atoms with van der Waals surface area (Å²) in [5, 5.41) is 8.52. The Hall–Kier alpha value is -0.570. The van der Waals surface area contributed by atoms with E-state index in [4.69, 9.17) is 12.2 Å². The molecule has 0 fully saturated rings. The van der Waals surface area contributed by atoms with Gasteiger partial charge in [-0.3, -0.25) is 4.79 Å². The number of carboxylic acids is 1. The molecule has 9 heavy (non-hydrogen) atoms. The molecule has 0 aromatic rings. The molecular formula is C6H13NO2. The third-order valence-corrected chi connectivity index (χ3v) is 1.12. The maximum atomic E-state index is 10.4. The molecule has 0 aliphatic carbocycles. The SMILES string of the molecule is [2H]C[C@](N)(CCC)C(=O)O. The molecule has 0 aromatic carbocycles. The molecule has 0 spiro atoms. The number of hydrogen-bond donors (Lipinski definition) is 2. The molecule has 0 amide bonds. The van der Waals surface area contributed by atoms with Crippen LogP contribution in [0.25, 0.3) is 0 Å². The lowest BCUT2D eigenvalue weighted by Gasteiger charge is -2.16. The topological polar surface area (TPSA) is 63.3 Å². The van der Waals surface area contributed by atoms with E-state index in [1.807, 2.05) is 6.92 Å². The van der Waals surface area contributed by atoms with Gasteiger partial charge in [0.25, 0.3) is 0 Å². The highest BCUT2D eigenvalue weighted by Crippen LogP contribution is 2.07. The van der Waals surface area contributed by atoms with Crippen molar-refractivity contribution in [2.45, 2.75) is 32.2 Å². The molecule has 0 bridgehead atoms. The second-order valence-electron chi connectivity index (χ2n) is 2.21. The maximum Gasteiger partial charge on any atom is 0.323 e. The summed E-state index contributed by atoms with van der Waals surface area (Å²) in [6, 6.07) is 0. The molecule has 3 heteroatoms. The summed E-state index contributed by atoms with van der Waals surface area (Å²) in [4.78, 5) is 10.4. The van der Waals surface area contributed by atoms with Crippen molar-refractivity contribution in [2.75, 3.05) is 0 Å². The van der Waals surface area contributed by atoms with E-state index in [0.717, 1.165) is 0 Å². The predicted molar refractivity (Wildman–Crippen MR) is 35.1 cm³/mol. The van der Waals surface area contributed by atoms with Gasteiger partial charge in [0.1, 0.15) is 5.54 Å². The summed E-state index contributed by atoms with van der Waals surface area (Å²) in [5.74, 6) is -1.08. The van der Waals surface area contributed by atoms with Crippen molar-refractivity contribution in [2.24, 2.45) is 5.73 Å². The minimum absolute atomic E-state index is 0.254. The van der Waals surface area contributed by atoms with E-state index in [-0.39, 0.29) is 6.90 Å². The van der Waals surface area contributed by atoms with Crippen LogP contribution in [0.3, 0.4) is 0 Å². The second kappa shape index (κ2) is 2.82. The Morgan fingerprint density at radius 3 is 2.67 bits per heavy atom. The maximum absolute atomic E-state index is 10.4. The van der Waals surface area contributed by atoms with Crippen molar-refractivity contribution in [3.8, 4) is 0 Å². The first-order valence-electron chi connectivity index (χ1n) is 3.59. The van der Waals surface area contributed by atoms with Crippen LogP contribution >= 0.6 is 0 Å². The van der Waals surface area contributed by atoms with Gasteiger partial charge in [-0.2, -0.15) is 0 Å². The van der Waals surface area contributed by atoms with E-state index < -0.39 is 11.5 Å². The molecule has 0 heterocycles. The minimum atomic E-state index is -1.32. The van der Waals surface area contributed by atoms with E-state index in [1.165, 1.54) is 0 Å². The Labute approximate surface area is 56.3 Å². The number of carbonyl (C=O) groups is 1. The Bertz CT molecular complexity index is 129. The molecule has 0 unspecified atom stereocenters. The van der Waals surface area contributed by atoms with Crippen LogP contribution in [0.15, 0.2) is 0 Å². The van der Waals surface area contributed by atoms with Gasteiger partial charge in [0, 0.05) is 1.37 Å². The second-order valence-corrected chi connectivity index (χ2v) is 2.21. The largest absolute Gasteiger partial charge is 0.480 e. The lowest BCUT2D eigenvalue weighted by atomic mass is 9.98. The van der Waals surface area contributed by atoms with Crippen LogP contribution in [0.4, 0.5) is 0 Å². The number of rotatable bonds is 3. The van der Waals surface area contributed by atoms with Gasteiger partial charge >= 0.3 is 5.97 Å². The van der Waals surface area contributed by atoms with Crippen LogP contribution in [-0.4, -0.2) is 16.6 Å². The summed E-state index contributed by atoms with van der Waals surface area (Å²) in [5.41, 5.74) is 4.04.